The molecule has 2 atom stereocenters. The third-order valence-corrected chi connectivity index (χ3v) is 4.69. The van der Waals surface area contributed by atoms with E-state index in [-0.39, 0.29) is 18.1 Å². The van der Waals surface area contributed by atoms with Gasteiger partial charge in [-0.25, -0.2) is 0 Å². The number of hydrogen-bond donors (Lipinski definition) is 1. The fourth-order valence-corrected chi connectivity index (χ4v) is 3.65. The third-order valence-electron chi connectivity index (χ3n) is 3.97. The van der Waals surface area contributed by atoms with E-state index in [1.807, 2.05) is 24.0 Å². The molecule has 0 spiro atoms. The molecule has 21 heavy (non-hydrogen) atoms. The Morgan fingerprint density at radius 3 is 2.86 bits per heavy atom. The van der Waals surface area contributed by atoms with Crippen LogP contribution in [0.5, 0.6) is 5.75 Å². The SMILES string of the molecule is CCC(CSC)N1C(=O)CNC1c1ccc(OC)c(C)c1. The Labute approximate surface area is 131 Å². The monoisotopic (exact) mass is 308 g/mol. The summed E-state index contributed by atoms with van der Waals surface area (Å²) in [7, 11) is 1.68. The Morgan fingerprint density at radius 1 is 1.52 bits per heavy atom. The highest BCUT2D eigenvalue weighted by molar-refractivity contribution is 7.98. The Balaban J connectivity index is 2.28. The van der Waals surface area contributed by atoms with Crippen LogP contribution in [0, 0.1) is 6.92 Å². The lowest BCUT2D eigenvalue weighted by Crippen LogP contribution is -2.40. The van der Waals surface area contributed by atoms with Crippen LogP contribution in [-0.2, 0) is 4.79 Å². The summed E-state index contributed by atoms with van der Waals surface area (Å²) in [6.07, 6.45) is 3.03. The number of carbonyl (C=O) groups excluding carboxylic acids is 1. The van der Waals surface area contributed by atoms with Gasteiger partial charge in [-0.1, -0.05) is 13.0 Å². The average molecular weight is 308 g/mol. The van der Waals surface area contributed by atoms with Gasteiger partial charge >= 0.3 is 0 Å². The van der Waals surface area contributed by atoms with Crippen molar-refractivity contribution in [2.24, 2.45) is 0 Å². The lowest BCUT2D eigenvalue weighted by molar-refractivity contribution is -0.130. The Kier molecular flexibility index (Phi) is 5.53. The Morgan fingerprint density at radius 2 is 2.29 bits per heavy atom. The van der Waals surface area contributed by atoms with Gasteiger partial charge in [0.15, 0.2) is 0 Å². The number of benzene rings is 1. The van der Waals surface area contributed by atoms with Gasteiger partial charge in [-0.3, -0.25) is 10.1 Å². The molecule has 0 aromatic heterocycles. The third kappa shape index (κ3) is 3.35. The van der Waals surface area contributed by atoms with Gasteiger partial charge in [0.25, 0.3) is 0 Å². The molecule has 0 radical (unpaired) electrons. The van der Waals surface area contributed by atoms with Crippen molar-refractivity contribution in [3.8, 4) is 5.75 Å². The summed E-state index contributed by atoms with van der Waals surface area (Å²) in [5.74, 6) is 2.04. The van der Waals surface area contributed by atoms with Crippen LogP contribution in [0.1, 0.15) is 30.6 Å². The second-order valence-corrected chi connectivity index (χ2v) is 6.24. The van der Waals surface area contributed by atoms with E-state index < -0.39 is 0 Å². The molecule has 0 aliphatic carbocycles. The summed E-state index contributed by atoms with van der Waals surface area (Å²) < 4.78 is 5.31. The van der Waals surface area contributed by atoms with Gasteiger partial charge in [0, 0.05) is 11.8 Å². The summed E-state index contributed by atoms with van der Waals surface area (Å²) >= 11 is 1.79. The number of nitrogens with one attached hydrogen (secondary N) is 1. The quantitative estimate of drug-likeness (QED) is 0.877. The number of rotatable bonds is 6. The molecule has 0 saturated carbocycles. The van der Waals surface area contributed by atoms with E-state index in [1.54, 1.807) is 18.9 Å². The molecular weight excluding hydrogens is 284 g/mol. The smallest absolute Gasteiger partial charge is 0.238 e. The summed E-state index contributed by atoms with van der Waals surface area (Å²) in [4.78, 5) is 14.3. The van der Waals surface area contributed by atoms with Crippen LogP contribution in [0.15, 0.2) is 18.2 Å². The van der Waals surface area contributed by atoms with Crippen molar-refractivity contribution in [2.75, 3.05) is 25.7 Å². The fraction of sp³-hybridized carbons (Fsp3) is 0.562. The van der Waals surface area contributed by atoms with E-state index in [4.69, 9.17) is 4.74 Å². The second kappa shape index (κ2) is 7.18. The molecule has 1 saturated heterocycles. The first kappa shape index (κ1) is 16.2. The minimum atomic E-state index is -0.0285. The number of thioether (sulfide) groups is 1. The number of aryl methyl sites for hydroxylation is 1. The highest BCUT2D eigenvalue weighted by Gasteiger charge is 2.35. The van der Waals surface area contributed by atoms with Gasteiger partial charge in [0.2, 0.25) is 5.91 Å². The van der Waals surface area contributed by atoms with Gasteiger partial charge in [-0.2, -0.15) is 11.8 Å². The molecule has 116 valence electrons. The van der Waals surface area contributed by atoms with Crippen LogP contribution in [0.2, 0.25) is 0 Å². The molecule has 1 N–H and O–H groups in total. The molecule has 4 nitrogen and oxygen atoms in total. The summed E-state index contributed by atoms with van der Waals surface area (Å²) in [5.41, 5.74) is 2.22. The van der Waals surface area contributed by atoms with Crippen LogP contribution < -0.4 is 10.1 Å². The largest absolute Gasteiger partial charge is 0.496 e. The first-order valence-electron chi connectivity index (χ1n) is 7.30. The van der Waals surface area contributed by atoms with Gasteiger partial charge in [-0.15, -0.1) is 0 Å². The molecular formula is C16H24N2O2S. The molecule has 2 unspecified atom stereocenters. The number of ether oxygens (including phenoxy) is 1. The van der Waals surface area contributed by atoms with Crippen LogP contribution in [-0.4, -0.2) is 42.5 Å². The first-order valence-corrected chi connectivity index (χ1v) is 8.69. The zero-order chi connectivity index (χ0) is 15.4. The van der Waals surface area contributed by atoms with E-state index in [0.717, 1.165) is 29.1 Å². The molecule has 1 aromatic carbocycles. The zero-order valence-electron chi connectivity index (χ0n) is 13.2. The van der Waals surface area contributed by atoms with Crippen molar-refractivity contribution in [1.82, 2.24) is 10.2 Å². The summed E-state index contributed by atoms with van der Waals surface area (Å²) in [6, 6.07) is 6.40. The fourth-order valence-electron chi connectivity index (χ4n) is 2.87. The van der Waals surface area contributed by atoms with Crippen LogP contribution >= 0.6 is 11.8 Å². The Hall–Kier alpha value is -1.20. The maximum absolute atomic E-state index is 12.3. The molecule has 1 heterocycles. The van der Waals surface area contributed by atoms with Crippen molar-refractivity contribution in [1.29, 1.82) is 0 Å². The second-order valence-electron chi connectivity index (χ2n) is 5.33. The average Bonchev–Trinajstić information content (AvgIpc) is 2.86. The molecule has 1 amide bonds. The molecule has 1 aliphatic rings. The minimum absolute atomic E-state index is 0.0285. The first-order chi connectivity index (χ1) is 10.1. The molecule has 1 aliphatic heterocycles. The number of hydrogen-bond acceptors (Lipinski definition) is 4. The number of carbonyl (C=O) groups is 1. The maximum Gasteiger partial charge on any atom is 0.238 e. The normalized spacial score (nSPS) is 19.9. The maximum atomic E-state index is 12.3. The highest BCUT2D eigenvalue weighted by Crippen LogP contribution is 2.30. The van der Waals surface area contributed by atoms with Gasteiger partial charge < -0.3 is 9.64 Å². The lowest BCUT2D eigenvalue weighted by atomic mass is 10.1. The predicted molar refractivity (Wildman–Crippen MR) is 87.8 cm³/mol. The standard InChI is InChI=1S/C16H24N2O2S/c1-5-13(10-21-4)18-15(19)9-17-16(18)12-6-7-14(20-3)11(2)8-12/h6-8,13,16-17H,5,9-10H2,1-4H3. The van der Waals surface area contributed by atoms with E-state index >= 15 is 0 Å². The number of nitrogens with zero attached hydrogens (tertiary/aromatic N) is 1. The zero-order valence-corrected chi connectivity index (χ0v) is 14.0. The minimum Gasteiger partial charge on any atom is -0.496 e. The van der Waals surface area contributed by atoms with Crippen molar-refractivity contribution in [3.63, 3.8) is 0 Å². The van der Waals surface area contributed by atoms with Crippen LogP contribution in [0.4, 0.5) is 0 Å². The van der Waals surface area contributed by atoms with E-state index in [1.165, 1.54) is 0 Å². The number of amides is 1. The van der Waals surface area contributed by atoms with E-state index in [0.29, 0.717) is 6.54 Å². The topological polar surface area (TPSA) is 41.6 Å². The van der Waals surface area contributed by atoms with Gasteiger partial charge in [0.05, 0.1) is 13.7 Å². The van der Waals surface area contributed by atoms with Crippen molar-refractivity contribution in [2.45, 2.75) is 32.5 Å². The predicted octanol–water partition coefficient (Wildman–Crippen LogP) is 2.58. The summed E-state index contributed by atoms with van der Waals surface area (Å²) in [6.45, 7) is 4.59. The van der Waals surface area contributed by atoms with Gasteiger partial charge in [0.1, 0.15) is 11.9 Å². The van der Waals surface area contributed by atoms with E-state index in [9.17, 15) is 4.79 Å². The van der Waals surface area contributed by atoms with Crippen molar-refractivity contribution < 1.29 is 9.53 Å². The summed E-state index contributed by atoms with van der Waals surface area (Å²) in [5, 5.41) is 3.34. The Bertz CT molecular complexity index is 507. The highest BCUT2D eigenvalue weighted by atomic mass is 32.2. The molecule has 1 aromatic rings. The van der Waals surface area contributed by atoms with E-state index in [2.05, 4.69) is 24.6 Å². The number of methoxy groups -OCH3 is 1. The van der Waals surface area contributed by atoms with Crippen molar-refractivity contribution in [3.05, 3.63) is 29.3 Å². The van der Waals surface area contributed by atoms with Crippen LogP contribution in [0.25, 0.3) is 0 Å². The van der Waals surface area contributed by atoms with Crippen molar-refractivity contribution >= 4 is 17.7 Å². The lowest BCUT2D eigenvalue weighted by Gasteiger charge is -2.32. The van der Waals surface area contributed by atoms with Crippen LogP contribution in [0.3, 0.4) is 0 Å². The molecule has 1 fully saturated rings. The molecule has 2 rings (SSSR count). The molecule has 5 heteroatoms. The van der Waals surface area contributed by atoms with Gasteiger partial charge in [-0.05, 0) is 42.9 Å². The molecule has 0 bridgehead atoms.